The third kappa shape index (κ3) is 2.50. The molecule has 0 aromatic heterocycles. The Hall–Kier alpha value is -1.50. The van der Waals surface area contributed by atoms with E-state index in [0.29, 0.717) is 18.2 Å². The summed E-state index contributed by atoms with van der Waals surface area (Å²) in [6.07, 6.45) is 2.06. The highest BCUT2D eigenvalue weighted by molar-refractivity contribution is 7.80. The van der Waals surface area contributed by atoms with E-state index in [9.17, 15) is 4.79 Å². The molecule has 0 spiro atoms. The Morgan fingerprint density at radius 3 is 2.78 bits per heavy atom. The van der Waals surface area contributed by atoms with Crippen molar-refractivity contribution in [1.82, 2.24) is 15.8 Å². The Balaban J connectivity index is 2.22. The zero-order valence-electron chi connectivity index (χ0n) is 10.4. The number of esters is 1. The molecular weight excluding hydrogens is 252 g/mol. The minimum atomic E-state index is -0.283. The quantitative estimate of drug-likeness (QED) is 0.371. The zero-order valence-corrected chi connectivity index (χ0v) is 11.2. The molecular formula is C11H18N4O2S. The van der Waals surface area contributed by atoms with Crippen LogP contribution in [-0.4, -0.2) is 35.7 Å². The van der Waals surface area contributed by atoms with Crippen molar-refractivity contribution in [3.63, 3.8) is 0 Å². The van der Waals surface area contributed by atoms with E-state index < -0.39 is 0 Å². The molecule has 0 aromatic rings. The Labute approximate surface area is 111 Å². The average Bonchev–Trinajstić information content (AvgIpc) is 2.37. The number of carbonyl (C=O) groups is 1. The van der Waals surface area contributed by atoms with Crippen LogP contribution in [0.2, 0.25) is 0 Å². The highest BCUT2D eigenvalue weighted by atomic mass is 32.1. The van der Waals surface area contributed by atoms with Crippen LogP contribution in [0.5, 0.6) is 0 Å². The van der Waals surface area contributed by atoms with Crippen LogP contribution in [0, 0.1) is 5.92 Å². The first-order valence-electron chi connectivity index (χ1n) is 6.11. The molecule has 3 rings (SSSR count). The predicted molar refractivity (Wildman–Crippen MR) is 71.0 cm³/mol. The van der Waals surface area contributed by atoms with Crippen molar-refractivity contribution in [1.29, 1.82) is 0 Å². The molecule has 4 N–H and O–H groups in total. The first-order valence-corrected chi connectivity index (χ1v) is 6.52. The molecule has 18 heavy (non-hydrogen) atoms. The molecule has 0 saturated carbocycles. The van der Waals surface area contributed by atoms with Crippen molar-refractivity contribution >= 4 is 23.3 Å². The van der Waals surface area contributed by atoms with Gasteiger partial charge in [0.05, 0.1) is 12.3 Å². The van der Waals surface area contributed by atoms with Gasteiger partial charge in [0.15, 0.2) is 5.11 Å². The van der Waals surface area contributed by atoms with Gasteiger partial charge in [-0.3, -0.25) is 5.43 Å². The number of piperidine rings is 1. The van der Waals surface area contributed by atoms with Gasteiger partial charge in [-0.05, 0) is 32.0 Å². The van der Waals surface area contributed by atoms with Gasteiger partial charge in [0.1, 0.15) is 5.70 Å². The third-order valence-corrected chi connectivity index (χ3v) is 3.37. The Kier molecular flexibility index (Phi) is 3.90. The van der Waals surface area contributed by atoms with Gasteiger partial charge in [0, 0.05) is 19.0 Å². The molecule has 3 aliphatic rings. The molecule has 0 amide bonds. The van der Waals surface area contributed by atoms with Gasteiger partial charge in [-0.25, -0.2) is 4.79 Å². The van der Waals surface area contributed by atoms with Gasteiger partial charge in [-0.1, -0.05) is 0 Å². The second-order valence-corrected chi connectivity index (χ2v) is 4.80. The van der Waals surface area contributed by atoms with Crippen LogP contribution in [0.4, 0.5) is 0 Å². The highest BCUT2D eigenvalue weighted by Gasteiger charge is 2.37. The molecule has 0 aromatic carbocycles. The number of nitrogens with zero attached hydrogens (tertiary/aromatic N) is 1. The summed E-state index contributed by atoms with van der Waals surface area (Å²) in [5.41, 5.74) is 12.5. The molecule has 0 radical (unpaired) electrons. The number of rotatable bonds is 4. The molecule has 0 aliphatic carbocycles. The summed E-state index contributed by atoms with van der Waals surface area (Å²) in [7, 11) is 0. The van der Waals surface area contributed by atoms with E-state index in [1.807, 2.05) is 0 Å². The normalized spacial score (nSPS) is 18.8. The third-order valence-electron chi connectivity index (χ3n) is 3.26. The Bertz CT molecular complexity index is 389. The maximum Gasteiger partial charge on any atom is 0.356 e. The molecule has 1 fully saturated rings. The lowest BCUT2D eigenvalue weighted by atomic mass is 9.87. The fourth-order valence-corrected chi connectivity index (χ4v) is 2.54. The molecule has 0 atom stereocenters. The van der Waals surface area contributed by atoms with Crippen LogP contribution in [0.3, 0.4) is 0 Å². The molecule has 3 aliphatic heterocycles. The minimum Gasteiger partial charge on any atom is -0.461 e. The number of nitrogens with two attached hydrogens (primary N) is 1. The summed E-state index contributed by atoms with van der Waals surface area (Å²) in [5.74, 6) is 0.0606. The number of thiocarbonyl (C=S) groups is 1. The lowest BCUT2D eigenvalue weighted by molar-refractivity contribution is -0.141. The number of allylic oxidation sites excluding steroid dienone is 1. The molecule has 6 nitrogen and oxygen atoms in total. The molecule has 3 heterocycles. The van der Waals surface area contributed by atoms with Crippen LogP contribution in [-0.2, 0) is 9.53 Å². The van der Waals surface area contributed by atoms with Crippen molar-refractivity contribution in [3.8, 4) is 0 Å². The maximum atomic E-state index is 12.0. The number of ether oxygens (including phenoxy) is 1. The smallest absolute Gasteiger partial charge is 0.356 e. The fourth-order valence-electron chi connectivity index (χ4n) is 2.48. The lowest BCUT2D eigenvalue weighted by Crippen LogP contribution is -2.51. The molecule has 0 unspecified atom stereocenters. The Morgan fingerprint density at radius 2 is 2.22 bits per heavy atom. The fraction of sp³-hybridized carbons (Fsp3) is 0.636. The van der Waals surface area contributed by atoms with Gasteiger partial charge in [0.2, 0.25) is 0 Å². The van der Waals surface area contributed by atoms with E-state index >= 15 is 0 Å². The van der Waals surface area contributed by atoms with Crippen molar-refractivity contribution in [2.24, 2.45) is 11.7 Å². The van der Waals surface area contributed by atoms with Crippen LogP contribution >= 0.6 is 12.2 Å². The first kappa shape index (κ1) is 12.9. The van der Waals surface area contributed by atoms with E-state index in [4.69, 9.17) is 22.7 Å². The summed E-state index contributed by atoms with van der Waals surface area (Å²) >= 11 is 4.76. The Morgan fingerprint density at radius 1 is 1.56 bits per heavy atom. The number of nitrogens with one attached hydrogen (secondary N) is 2. The van der Waals surface area contributed by atoms with Crippen LogP contribution in [0.1, 0.15) is 19.8 Å². The second-order valence-electron chi connectivity index (χ2n) is 4.36. The molecule has 100 valence electrons. The molecule has 1 saturated heterocycles. The first-order chi connectivity index (χ1) is 8.63. The largest absolute Gasteiger partial charge is 0.461 e. The van der Waals surface area contributed by atoms with E-state index in [1.165, 1.54) is 0 Å². The number of fused-ring (bicyclic) bond motifs is 2. The second kappa shape index (κ2) is 5.43. The number of hydrogen-bond donors (Lipinski definition) is 3. The van der Waals surface area contributed by atoms with Crippen LogP contribution in [0.15, 0.2) is 11.4 Å². The van der Waals surface area contributed by atoms with Gasteiger partial charge < -0.3 is 20.8 Å². The average molecular weight is 270 g/mol. The van der Waals surface area contributed by atoms with E-state index in [0.717, 1.165) is 31.6 Å². The highest BCUT2D eigenvalue weighted by Crippen LogP contribution is 2.34. The van der Waals surface area contributed by atoms with Crippen molar-refractivity contribution < 1.29 is 9.53 Å². The minimum absolute atomic E-state index is 0.155. The number of hydrazine groups is 1. The zero-order chi connectivity index (χ0) is 13.1. The summed E-state index contributed by atoms with van der Waals surface area (Å²) < 4.78 is 5.10. The molecule has 2 bridgehead atoms. The number of hydrogen-bond acceptors (Lipinski definition) is 5. The van der Waals surface area contributed by atoms with E-state index in [1.54, 1.807) is 6.92 Å². The van der Waals surface area contributed by atoms with Crippen LogP contribution < -0.4 is 16.6 Å². The van der Waals surface area contributed by atoms with E-state index in [2.05, 4.69) is 15.8 Å². The summed E-state index contributed by atoms with van der Waals surface area (Å²) in [6, 6.07) is 0. The van der Waals surface area contributed by atoms with Crippen molar-refractivity contribution in [3.05, 3.63) is 11.4 Å². The molecule has 7 heteroatoms. The van der Waals surface area contributed by atoms with Gasteiger partial charge in [-0.2, -0.15) is 0 Å². The number of carbonyl (C=O) groups excluding carboxylic acids is 1. The van der Waals surface area contributed by atoms with Gasteiger partial charge in [-0.15, -0.1) is 0 Å². The summed E-state index contributed by atoms with van der Waals surface area (Å²) in [4.78, 5) is 14.0. The van der Waals surface area contributed by atoms with Crippen molar-refractivity contribution in [2.45, 2.75) is 19.8 Å². The van der Waals surface area contributed by atoms with E-state index in [-0.39, 0.29) is 11.1 Å². The summed E-state index contributed by atoms with van der Waals surface area (Å²) in [5, 5.41) is 0.155. The monoisotopic (exact) mass is 270 g/mol. The van der Waals surface area contributed by atoms with Crippen molar-refractivity contribution in [2.75, 3.05) is 19.7 Å². The summed E-state index contributed by atoms with van der Waals surface area (Å²) in [6.45, 7) is 3.97. The predicted octanol–water partition coefficient (Wildman–Crippen LogP) is -0.175. The lowest BCUT2D eigenvalue weighted by Gasteiger charge is -2.42. The van der Waals surface area contributed by atoms with Crippen LogP contribution in [0.25, 0.3) is 0 Å². The maximum absolute atomic E-state index is 12.0. The van der Waals surface area contributed by atoms with Gasteiger partial charge >= 0.3 is 5.97 Å². The standard InChI is InChI=1S/C11H18N4O2S/c1-2-17-10(16)9-8(13-14-11(12)18)7-3-5-15(9)6-4-7/h7,13H,2-6H2,1H3,(H3,12,14,18). The van der Waals surface area contributed by atoms with Gasteiger partial charge in [0.25, 0.3) is 0 Å². The topological polar surface area (TPSA) is 79.6 Å². The SMILES string of the molecule is CCOC(=O)C1=C(NNC(N)=S)C2CCN1CC2.